The minimum atomic E-state index is -0.196. The van der Waals surface area contributed by atoms with Gasteiger partial charge < -0.3 is 10.3 Å². The number of hydrazine groups is 1. The SMILES string of the molecule is Cc1ccc(C(=O)N(C)c2cccc(C#N)c2)c(NN)c1. The summed E-state index contributed by atoms with van der Waals surface area (Å²) in [5, 5.41) is 8.93. The van der Waals surface area contributed by atoms with Crippen LogP contribution in [0.5, 0.6) is 0 Å². The molecule has 0 radical (unpaired) electrons. The number of carbonyl (C=O) groups excluding carboxylic acids is 1. The van der Waals surface area contributed by atoms with Gasteiger partial charge in [0.2, 0.25) is 0 Å². The quantitative estimate of drug-likeness (QED) is 0.668. The maximum atomic E-state index is 12.6. The van der Waals surface area contributed by atoms with Gasteiger partial charge in [-0.3, -0.25) is 10.6 Å². The Hall–Kier alpha value is -2.84. The first-order chi connectivity index (χ1) is 10.1. The lowest BCUT2D eigenvalue weighted by molar-refractivity contribution is 0.0994. The maximum Gasteiger partial charge on any atom is 0.260 e. The fourth-order valence-electron chi connectivity index (χ4n) is 2.05. The van der Waals surface area contributed by atoms with Gasteiger partial charge in [-0.1, -0.05) is 12.1 Å². The molecule has 2 aromatic rings. The predicted molar refractivity (Wildman–Crippen MR) is 82.9 cm³/mol. The van der Waals surface area contributed by atoms with Crippen LogP contribution in [-0.4, -0.2) is 13.0 Å². The van der Waals surface area contributed by atoms with Crippen LogP contribution in [0.3, 0.4) is 0 Å². The Morgan fingerprint density at radius 3 is 2.71 bits per heavy atom. The molecule has 0 spiro atoms. The van der Waals surface area contributed by atoms with E-state index >= 15 is 0 Å². The molecule has 0 aliphatic heterocycles. The molecule has 21 heavy (non-hydrogen) atoms. The molecule has 106 valence electrons. The van der Waals surface area contributed by atoms with Crippen LogP contribution in [0.15, 0.2) is 42.5 Å². The highest BCUT2D eigenvalue weighted by Gasteiger charge is 2.17. The number of nitrogens with one attached hydrogen (secondary N) is 1. The zero-order chi connectivity index (χ0) is 15.4. The number of nitrogens with zero attached hydrogens (tertiary/aromatic N) is 2. The molecule has 0 fully saturated rings. The first-order valence-corrected chi connectivity index (χ1v) is 6.42. The van der Waals surface area contributed by atoms with Crippen LogP contribution in [0.1, 0.15) is 21.5 Å². The summed E-state index contributed by atoms with van der Waals surface area (Å²) < 4.78 is 0. The number of aryl methyl sites for hydroxylation is 1. The second-order valence-electron chi connectivity index (χ2n) is 4.72. The summed E-state index contributed by atoms with van der Waals surface area (Å²) in [4.78, 5) is 14.1. The smallest absolute Gasteiger partial charge is 0.260 e. The summed E-state index contributed by atoms with van der Waals surface area (Å²) in [6.45, 7) is 1.93. The molecule has 3 N–H and O–H groups in total. The fraction of sp³-hybridized carbons (Fsp3) is 0.125. The number of amides is 1. The summed E-state index contributed by atoms with van der Waals surface area (Å²) in [5.41, 5.74) is 5.77. The van der Waals surface area contributed by atoms with Crippen molar-refractivity contribution in [2.75, 3.05) is 17.4 Å². The Labute approximate surface area is 123 Å². The molecule has 0 aliphatic carbocycles. The van der Waals surface area contributed by atoms with Gasteiger partial charge >= 0.3 is 0 Å². The van der Waals surface area contributed by atoms with E-state index in [1.54, 1.807) is 37.4 Å². The molecule has 0 aliphatic rings. The molecule has 2 rings (SSSR count). The molecule has 2 aromatic carbocycles. The van der Waals surface area contributed by atoms with Crippen LogP contribution >= 0.6 is 0 Å². The summed E-state index contributed by atoms with van der Waals surface area (Å²) in [6.07, 6.45) is 0. The second-order valence-corrected chi connectivity index (χ2v) is 4.72. The molecule has 0 bridgehead atoms. The lowest BCUT2D eigenvalue weighted by Gasteiger charge is -2.19. The van der Waals surface area contributed by atoms with Gasteiger partial charge in [0.25, 0.3) is 5.91 Å². The average molecular weight is 280 g/mol. The number of nitriles is 1. The van der Waals surface area contributed by atoms with Crippen LogP contribution in [0.2, 0.25) is 0 Å². The van der Waals surface area contributed by atoms with Crippen LogP contribution in [0.4, 0.5) is 11.4 Å². The monoisotopic (exact) mass is 280 g/mol. The summed E-state index contributed by atoms with van der Waals surface area (Å²) in [5.74, 6) is 5.28. The highest BCUT2D eigenvalue weighted by atomic mass is 16.2. The van der Waals surface area contributed by atoms with E-state index in [1.807, 2.05) is 19.1 Å². The fourth-order valence-corrected chi connectivity index (χ4v) is 2.05. The van der Waals surface area contributed by atoms with E-state index in [4.69, 9.17) is 11.1 Å². The molecule has 5 nitrogen and oxygen atoms in total. The van der Waals surface area contributed by atoms with Crippen molar-refractivity contribution in [3.05, 3.63) is 59.2 Å². The molecular formula is C16H16N4O. The zero-order valence-corrected chi connectivity index (χ0v) is 11.9. The number of rotatable bonds is 3. The van der Waals surface area contributed by atoms with E-state index in [1.165, 1.54) is 4.90 Å². The Bertz CT molecular complexity index is 718. The largest absolute Gasteiger partial charge is 0.323 e. The second kappa shape index (κ2) is 6.07. The van der Waals surface area contributed by atoms with E-state index in [0.717, 1.165) is 5.56 Å². The molecule has 0 saturated heterocycles. The number of hydrogen-bond acceptors (Lipinski definition) is 4. The topological polar surface area (TPSA) is 82.2 Å². The third kappa shape index (κ3) is 3.02. The van der Waals surface area contributed by atoms with E-state index in [9.17, 15) is 4.79 Å². The lowest BCUT2D eigenvalue weighted by atomic mass is 10.1. The third-order valence-corrected chi connectivity index (χ3v) is 3.23. The predicted octanol–water partition coefficient (Wildman–Crippen LogP) is 2.43. The van der Waals surface area contributed by atoms with Crippen molar-refractivity contribution < 1.29 is 4.79 Å². The Kier molecular flexibility index (Phi) is 4.21. The van der Waals surface area contributed by atoms with Crippen molar-refractivity contribution in [2.24, 2.45) is 5.84 Å². The average Bonchev–Trinajstić information content (AvgIpc) is 2.53. The normalized spacial score (nSPS) is 9.81. The van der Waals surface area contributed by atoms with Crippen LogP contribution in [-0.2, 0) is 0 Å². The molecule has 0 unspecified atom stereocenters. The van der Waals surface area contributed by atoms with Crippen molar-refractivity contribution in [2.45, 2.75) is 6.92 Å². The molecule has 0 heterocycles. The van der Waals surface area contributed by atoms with E-state index in [0.29, 0.717) is 22.5 Å². The van der Waals surface area contributed by atoms with Crippen LogP contribution in [0, 0.1) is 18.3 Å². The van der Waals surface area contributed by atoms with Crippen molar-refractivity contribution in [3.63, 3.8) is 0 Å². The molecular weight excluding hydrogens is 264 g/mol. The Balaban J connectivity index is 2.37. The minimum Gasteiger partial charge on any atom is -0.323 e. The van der Waals surface area contributed by atoms with Gasteiger partial charge in [0.05, 0.1) is 22.9 Å². The van der Waals surface area contributed by atoms with Gasteiger partial charge in [-0.05, 0) is 42.8 Å². The number of hydrogen-bond donors (Lipinski definition) is 2. The first-order valence-electron chi connectivity index (χ1n) is 6.42. The van der Waals surface area contributed by atoms with Gasteiger partial charge in [0, 0.05) is 12.7 Å². The zero-order valence-electron chi connectivity index (χ0n) is 11.9. The van der Waals surface area contributed by atoms with Crippen LogP contribution in [0.25, 0.3) is 0 Å². The number of carbonyl (C=O) groups is 1. The van der Waals surface area contributed by atoms with Crippen molar-refractivity contribution in [3.8, 4) is 6.07 Å². The molecule has 0 saturated carbocycles. The van der Waals surface area contributed by atoms with E-state index < -0.39 is 0 Å². The van der Waals surface area contributed by atoms with Crippen molar-refractivity contribution in [1.82, 2.24) is 0 Å². The summed E-state index contributed by atoms with van der Waals surface area (Å²) in [7, 11) is 1.67. The number of benzene rings is 2. The number of nitrogen functional groups attached to an aromatic ring is 1. The highest BCUT2D eigenvalue weighted by molar-refractivity contribution is 6.09. The van der Waals surface area contributed by atoms with Crippen molar-refractivity contribution in [1.29, 1.82) is 5.26 Å². The summed E-state index contributed by atoms with van der Waals surface area (Å²) >= 11 is 0. The third-order valence-electron chi connectivity index (χ3n) is 3.23. The molecule has 0 aromatic heterocycles. The summed E-state index contributed by atoms with van der Waals surface area (Å²) in [6, 6.07) is 14.3. The van der Waals surface area contributed by atoms with Gasteiger partial charge in [0.1, 0.15) is 0 Å². The molecule has 1 amide bonds. The van der Waals surface area contributed by atoms with Gasteiger partial charge in [0.15, 0.2) is 0 Å². The van der Waals surface area contributed by atoms with Gasteiger partial charge in [-0.2, -0.15) is 5.26 Å². The minimum absolute atomic E-state index is 0.196. The first kappa shape index (κ1) is 14.6. The lowest BCUT2D eigenvalue weighted by Crippen LogP contribution is -2.27. The molecule has 0 atom stereocenters. The number of nitrogens with two attached hydrogens (primary N) is 1. The van der Waals surface area contributed by atoms with Crippen LogP contribution < -0.4 is 16.2 Å². The van der Waals surface area contributed by atoms with Crippen molar-refractivity contribution >= 4 is 17.3 Å². The molecule has 5 heteroatoms. The number of anilines is 2. The maximum absolute atomic E-state index is 12.6. The Morgan fingerprint density at radius 2 is 2.05 bits per heavy atom. The highest BCUT2D eigenvalue weighted by Crippen LogP contribution is 2.22. The standard InChI is InChI=1S/C16H16N4O/c1-11-6-7-14(15(8-11)19-18)16(21)20(2)13-5-3-4-12(9-13)10-17/h3-9,19H,18H2,1-2H3. The van der Waals surface area contributed by atoms with E-state index in [2.05, 4.69) is 11.5 Å². The van der Waals surface area contributed by atoms with Gasteiger partial charge in [-0.25, -0.2) is 0 Å². The van der Waals surface area contributed by atoms with E-state index in [-0.39, 0.29) is 5.91 Å². The Morgan fingerprint density at radius 1 is 1.29 bits per heavy atom. The van der Waals surface area contributed by atoms with Gasteiger partial charge in [-0.15, -0.1) is 0 Å².